The van der Waals surface area contributed by atoms with Crippen LogP contribution < -0.4 is 11.1 Å². The summed E-state index contributed by atoms with van der Waals surface area (Å²) in [6.45, 7) is 1.27. The van der Waals surface area contributed by atoms with Crippen LogP contribution in [0.15, 0.2) is 0 Å². The van der Waals surface area contributed by atoms with E-state index in [0.29, 0.717) is 19.6 Å². The molecule has 0 radical (unpaired) electrons. The number of carbonyl (C=O) groups is 1. The van der Waals surface area contributed by atoms with Crippen molar-refractivity contribution in [3.05, 3.63) is 0 Å². The highest BCUT2D eigenvalue weighted by Crippen LogP contribution is 2.27. The Morgan fingerprint density at radius 2 is 2.13 bits per heavy atom. The molecule has 1 rings (SSSR count). The van der Waals surface area contributed by atoms with Crippen LogP contribution in [0.4, 0.5) is 0 Å². The van der Waals surface area contributed by atoms with Crippen LogP contribution in [0.3, 0.4) is 0 Å². The highest BCUT2D eigenvalue weighted by Gasteiger charge is 2.29. The molecule has 0 heterocycles. The molecule has 0 aromatic carbocycles. The van der Waals surface area contributed by atoms with Gasteiger partial charge in [-0.1, -0.05) is 12.8 Å². The van der Waals surface area contributed by atoms with E-state index in [1.807, 2.05) is 0 Å². The molecule has 1 amide bonds. The molecule has 0 atom stereocenters. The van der Waals surface area contributed by atoms with Crippen LogP contribution in [-0.4, -0.2) is 31.7 Å². The van der Waals surface area contributed by atoms with Gasteiger partial charge in [0.1, 0.15) is 0 Å². The minimum absolute atomic E-state index is 0.0712. The molecule has 4 nitrogen and oxygen atoms in total. The van der Waals surface area contributed by atoms with E-state index < -0.39 is 0 Å². The van der Waals surface area contributed by atoms with Gasteiger partial charge in [-0.05, 0) is 19.3 Å². The van der Waals surface area contributed by atoms with E-state index in [4.69, 9.17) is 10.5 Å². The molecule has 0 aromatic rings. The van der Waals surface area contributed by atoms with Crippen molar-refractivity contribution in [1.29, 1.82) is 0 Å². The first-order chi connectivity index (χ1) is 7.16. The van der Waals surface area contributed by atoms with E-state index in [1.165, 1.54) is 12.8 Å². The number of ether oxygens (including phenoxy) is 1. The predicted molar refractivity (Wildman–Crippen MR) is 59.5 cm³/mol. The van der Waals surface area contributed by atoms with E-state index in [9.17, 15) is 4.79 Å². The van der Waals surface area contributed by atoms with Crippen LogP contribution in [0.25, 0.3) is 0 Å². The van der Waals surface area contributed by atoms with Crippen molar-refractivity contribution < 1.29 is 9.53 Å². The van der Waals surface area contributed by atoms with E-state index in [0.717, 1.165) is 19.3 Å². The quantitative estimate of drug-likeness (QED) is 0.643. The second-order valence-electron chi connectivity index (χ2n) is 4.40. The highest BCUT2D eigenvalue weighted by molar-refractivity contribution is 5.75. The molecule has 0 saturated heterocycles. The van der Waals surface area contributed by atoms with Crippen molar-refractivity contribution in [2.24, 2.45) is 5.73 Å². The van der Waals surface area contributed by atoms with Gasteiger partial charge in [-0.2, -0.15) is 0 Å². The molecule has 0 unspecified atom stereocenters. The number of hydrogen-bond donors (Lipinski definition) is 2. The topological polar surface area (TPSA) is 64.3 Å². The fourth-order valence-electron chi connectivity index (χ4n) is 1.96. The maximum absolute atomic E-state index is 10.9. The lowest BCUT2D eigenvalue weighted by Gasteiger charge is -2.22. The summed E-state index contributed by atoms with van der Waals surface area (Å²) >= 11 is 0. The van der Waals surface area contributed by atoms with Crippen molar-refractivity contribution in [3.8, 4) is 0 Å². The molecule has 0 aromatic heterocycles. The standard InChI is InChI=1S/C11H22N2O2/c1-13-10(14)5-4-8-15-9-11(12)6-2-3-7-11/h2-9,12H2,1H3,(H,13,14). The normalized spacial score (nSPS) is 19.1. The number of nitrogens with two attached hydrogens (primary N) is 1. The minimum Gasteiger partial charge on any atom is -0.380 e. The van der Waals surface area contributed by atoms with Crippen molar-refractivity contribution in [3.63, 3.8) is 0 Å². The van der Waals surface area contributed by atoms with E-state index in [1.54, 1.807) is 7.05 Å². The molecule has 1 aliphatic rings. The maximum atomic E-state index is 10.9. The number of carbonyl (C=O) groups excluding carboxylic acids is 1. The first-order valence-corrected chi connectivity index (χ1v) is 5.73. The summed E-state index contributed by atoms with van der Waals surface area (Å²) in [5.74, 6) is 0.0712. The number of hydrogen-bond acceptors (Lipinski definition) is 3. The summed E-state index contributed by atoms with van der Waals surface area (Å²) in [4.78, 5) is 10.9. The Kier molecular flexibility index (Phi) is 5.05. The van der Waals surface area contributed by atoms with Crippen LogP contribution in [0.5, 0.6) is 0 Å². The van der Waals surface area contributed by atoms with Crippen LogP contribution in [-0.2, 0) is 9.53 Å². The molecule has 0 spiro atoms. The molecule has 0 bridgehead atoms. The van der Waals surface area contributed by atoms with Gasteiger partial charge in [0.25, 0.3) is 0 Å². The van der Waals surface area contributed by atoms with E-state index in [-0.39, 0.29) is 11.4 Å². The van der Waals surface area contributed by atoms with Crippen molar-refractivity contribution in [1.82, 2.24) is 5.32 Å². The van der Waals surface area contributed by atoms with Gasteiger partial charge >= 0.3 is 0 Å². The summed E-state index contributed by atoms with van der Waals surface area (Å²) in [6.07, 6.45) is 5.89. The molecular formula is C11H22N2O2. The minimum atomic E-state index is -0.0903. The summed E-state index contributed by atoms with van der Waals surface area (Å²) in [6, 6.07) is 0. The Hall–Kier alpha value is -0.610. The number of rotatable bonds is 6. The van der Waals surface area contributed by atoms with Gasteiger partial charge in [-0.15, -0.1) is 0 Å². The third-order valence-corrected chi connectivity index (χ3v) is 2.96. The lowest BCUT2D eigenvalue weighted by Crippen LogP contribution is -2.41. The summed E-state index contributed by atoms with van der Waals surface area (Å²) < 4.78 is 5.51. The first kappa shape index (κ1) is 12.5. The van der Waals surface area contributed by atoms with Gasteiger partial charge in [0.15, 0.2) is 0 Å². The zero-order chi connectivity index (χ0) is 11.1. The Morgan fingerprint density at radius 3 is 2.73 bits per heavy atom. The molecule has 88 valence electrons. The summed E-state index contributed by atoms with van der Waals surface area (Å²) in [7, 11) is 1.65. The molecule has 1 aliphatic carbocycles. The largest absolute Gasteiger partial charge is 0.380 e. The van der Waals surface area contributed by atoms with Crippen molar-refractivity contribution >= 4 is 5.91 Å². The molecule has 1 saturated carbocycles. The van der Waals surface area contributed by atoms with Crippen LogP contribution >= 0.6 is 0 Å². The smallest absolute Gasteiger partial charge is 0.219 e. The second kappa shape index (κ2) is 6.08. The molecule has 15 heavy (non-hydrogen) atoms. The molecule has 0 aliphatic heterocycles. The van der Waals surface area contributed by atoms with Gasteiger partial charge in [0.2, 0.25) is 5.91 Å². The third kappa shape index (κ3) is 4.62. The molecular weight excluding hydrogens is 192 g/mol. The Bertz CT molecular complexity index is 201. The fourth-order valence-corrected chi connectivity index (χ4v) is 1.96. The van der Waals surface area contributed by atoms with E-state index in [2.05, 4.69) is 5.32 Å². The van der Waals surface area contributed by atoms with Gasteiger partial charge in [-0.25, -0.2) is 0 Å². The van der Waals surface area contributed by atoms with Crippen molar-refractivity contribution in [2.45, 2.75) is 44.1 Å². The average Bonchev–Trinajstić information content (AvgIpc) is 2.64. The second-order valence-corrected chi connectivity index (χ2v) is 4.40. The predicted octanol–water partition coefficient (Wildman–Crippen LogP) is 0.801. The maximum Gasteiger partial charge on any atom is 0.219 e. The zero-order valence-electron chi connectivity index (χ0n) is 9.55. The van der Waals surface area contributed by atoms with Gasteiger partial charge in [0, 0.05) is 25.6 Å². The number of nitrogens with one attached hydrogen (secondary N) is 1. The van der Waals surface area contributed by atoms with E-state index >= 15 is 0 Å². The van der Waals surface area contributed by atoms with Gasteiger partial charge < -0.3 is 15.8 Å². The summed E-state index contributed by atoms with van der Waals surface area (Å²) in [5.41, 5.74) is 6.03. The van der Waals surface area contributed by atoms with Crippen LogP contribution in [0.1, 0.15) is 38.5 Å². The van der Waals surface area contributed by atoms with Crippen molar-refractivity contribution in [2.75, 3.05) is 20.3 Å². The zero-order valence-corrected chi connectivity index (χ0v) is 9.55. The third-order valence-electron chi connectivity index (χ3n) is 2.96. The Morgan fingerprint density at radius 1 is 1.47 bits per heavy atom. The van der Waals surface area contributed by atoms with Gasteiger partial charge in [-0.3, -0.25) is 4.79 Å². The highest BCUT2D eigenvalue weighted by atomic mass is 16.5. The molecule has 4 heteroatoms. The lowest BCUT2D eigenvalue weighted by atomic mass is 10.0. The molecule has 3 N–H and O–H groups in total. The Balaban J connectivity index is 1.99. The van der Waals surface area contributed by atoms with Crippen LogP contribution in [0, 0.1) is 0 Å². The average molecular weight is 214 g/mol. The number of amides is 1. The SMILES string of the molecule is CNC(=O)CCCOCC1(N)CCCC1. The molecule has 1 fully saturated rings. The Labute approximate surface area is 91.5 Å². The van der Waals surface area contributed by atoms with Crippen LogP contribution in [0.2, 0.25) is 0 Å². The summed E-state index contributed by atoms with van der Waals surface area (Å²) in [5, 5.41) is 2.59. The fraction of sp³-hybridized carbons (Fsp3) is 0.909. The monoisotopic (exact) mass is 214 g/mol. The first-order valence-electron chi connectivity index (χ1n) is 5.73. The van der Waals surface area contributed by atoms with Gasteiger partial charge in [0.05, 0.1) is 6.61 Å². The lowest BCUT2D eigenvalue weighted by molar-refractivity contribution is -0.120.